The molecule has 0 aliphatic carbocycles. The first-order chi connectivity index (χ1) is 16.6. The number of fused-ring (bicyclic) bond motifs is 2. The van der Waals surface area contributed by atoms with Gasteiger partial charge in [0.1, 0.15) is 23.1 Å². The van der Waals surface area contributed by atoms with Gasteiger partial charge in [0.15, 0.2) is 5.76 Å². The van der Waals surface area contributed by atoms with Gasteiger partial charge in [-0.2, -0.15) is 0 Å². The summed E-state index contributed by atoms with van der Waals surface area (Å²) in [5.74, 6) is 0.999. The number of hydrogen-bond donors (Lipinski definition) is 2. The SMILES string of the molecule is CC(N)OC(=N)c1cc2c(OCCCN3CC=C(c4ccc5ccoc5c4)CC3)cccc2o1. The zero-order valence-corrected chi connectivity index (χ0v) is 19.3. The largest absolute Gasteiger partial charge is 0.493 e. The van der Waals surface area contributed by atoms with Crippen molar-refractivity contribution in [3.8, 4) is 5.75 Å². The van der Waals surface area contributed by atoms with E-state index in [0.717, 1.165) is 54.6 Å². The first-order valence-electron chi connectivity index (χ1n) is 11.6. The lowest BCUT2D eigenvalue weighted by molar-refractivity contribution is 0.211. The van der Waals surface area contributed by atoms with E-state index in [0.29, 0.717) is 18.0 Å². The molecule has 3 heterocycles. The van der Waals surface area contributed by atoms with Crippen LogP contribution in [0.2, 0.25) is 0 Å². The average molecular weight is 460 g/mol. The third-order valence-corrected chi connectivity index (χ3v) is 6.05. The van der Waals surface area contributed by atoms with Crippen LogP contribution in [-0.2, 0) is 4.74 Å². The first kappa shape index (κ1) is 22.3. The van der Waals surface area contributed by atoms with Gasteiger partial charge in [-0.15, -0.1) is 0 Å². The summed E-state index contributed by atoms with van der Waals surface area (Å²) >= 11 is 0. The van der Waals surface area contributed by atoms with E-state index in [4.69, 9.17) is 29.5 Å². The summed E-state index contributed by atoms with van der Waals surface area (Å²) in [6.07, 6.45) is 5.44. The third kappa shape index (κ3) is 4.85. The lowest BCUT2D eigenvalue weighted by Crippen LogP contribution is -2.30. The van der Waals surface area contributed by atoms with Crippen LogP contribution in [0.1, 0.15) is 31.1 Å². The maximum atomic E-state index is 7.99. The summed E-state index contributed by atoms with van der Waals surface area (Å²) in [6, 6.07) is 15.9. The lowest BCUT2D eigenvalue weighted by Gasteiger charge is -2.26. The Labute approximate surface area is 198 Å². The zero-order chi connectivity index (χ0) is 23.5. The van der Waals surface area contributed by atoms with Crippen molar-refractivity contribution >= 4 is 33.4 Å². The molecule has 7 heteroatoms. The molecule has 1 aliphatic heterocycles. The Morgan fingerprint density at radius 3 is 2.91 bits per heavy atom. The molecule has 0 fully saturated rings. The molecule has 34 heavy (non-hydrogen) atoms. The van der Waals surface area contributed by atoms with E-state index in [1.807, 2.05) is 24.3 Å². The van der Waals surface area contributed by atoms with Gasteiger partial charge in [0.2, 0.25) is 0 Å². The Morgan fingerprint density at radius 1 is 1.18 bits per heavy atom. The van der Waals surface area contributed by atoms with Crippen LogP contribution in [0.5, 0.6) is 5.75 Å². The maximum absolute atomic E-state index is 7.99. The van der Waals surface area contributed by atoms with Gasteiger partial charge in [-0.25, -0.2) is 0 Å². The molecule has 2 aromatic carbocycles. The third-order valence-electron chi connectivity index (χ3n) is 6.05. The van der Waals surface area contributed by atoms with E-state index < -0.39 is 6.23 Å². The van der Waals surface area contributed by atoms with Crippen molar-refractivity contribution in [2.75, 3.05) is 26.2 Å². The minimum atomic E-state index is -0.572. The molecule has 0 spiro atoms. The van der Waals surface area contributed by atoms with Gasteiger partial charge in [-0.3, -0.25) is 16.0 Å². The Hall–Kier alpha value is -3.55. The number of nitrogens with two attached hydrogens (primary N) is 1. The Bertz CT molecular complexity index is 1330. The quantitative estimate of drug-likeness (QED) is 0.159. The predicted octanol–water partition coefficient (Wildman–Crippen LogP) is 5.38. The highest BCUT2D eigenvalue weighted by Gasteiger charge is 2.16. The average Bonchev–Trinajstić information content (AvgIpc) is 3.49. The van der Waals surface area contributed by atoms with Crippen LogP contribution in [0, 0.1) is 5.41 Å². The minimum Gasteiger partial charge on any atom is -0.493 e. The molecule has 4 aromatic rings. The van der Waals surface area contributed by atoms with Crippen LogP contribution < -0.4 is 10.5 Å². The number of benzene rings is 2. The second-order valence-electron chi connectivity index (χ2n) is 8.59. The molecule has 1 atom stereocenters. The maximum Gasteiger partial charge on any atom is 0.251 e. The van der Waals surface area contributed by atoms with Crippen molar-refractivity contribution in [1.82, 2.24) is 4.90 Å². The fourth-order valence-electron chi connectivity index (χ4n) is 4.32. The fraction of sp³-hybridized carbons (Fsp3) is 0.296. The monoisotopic (exact) mass is 459 g/mol. The van der Waals surface area contributed by atoms with Crippen LogP contribution in [0.3, 0.4) is 0 Å². The number of hydrogen-bond acceptors (Lipinski definition) is 7. The van der Waals surface area contributed by atoms with Crippen molar-refractivity contribution in [3.63, 3.8) is 0 Å². The molecule has 1 aliphatic rings. The van der Waals surface area contributed by atoms with Crippen LogP contribution in [0.4, 0.5) is 0 Å². The number of nitrogens with one attached hydrogen (secondary N) is 1. The van der Waals surface area contributed by atoms with E-state index in [1.54, 1.807) is 19.3 Å². The van der Waals surface area contributed by atoms with Gasteiger partial charge in [0, 0.05) is 31.1 Å². The van der Waals surface area contributed by atoms with Crippen LogP contribution in [0.25, 0.3) is 27.5 Å². The van der Waals surface area contributed by atoms with E-state index in [2.05, 4.69) is 29.2 Å². The molecule has 0 amide bonds. The van der Waals surface area contributed by atoms with E-state index in [1.165, 1.54) is 11.1 Å². The molecule has 0 saturated heterocycles. The van der Waals surface area contributed by atoms with E-state index in [9.17, 15) is 0 Å². The smallest absolute Gasteiger partial charge is 0.251 e. The molecule has 3 N–H and O–H groups in total. The highest BCUT2D eigenvalue weighted by atomic mass is 16.5. The van der Waals surface area contributed by atoms with Crippen molar-refractivity contribution in [3.05, 3.63) is 72.2 Å². The summed E-state index contributed by atoms with van der Waals surface area (Å²) in [6.45, 7) is 5.22. The van der Waals surface area contributed by atoms with Crippen LogP contribution >= 0.6 is 0 Å². The molecule has 7 nitrogen and oxygen atoms in total. The van der Waals surface area contributed by atoms with Crippen LogP contribution in [-0.4, -0.2) is 43.3 Å². The molecule has 176 valence electrons. The summed E-state index contributed by atoms with van der Waals surface area (Å²) in [5, 5.41) is 9.96. The molecular weight excluding hydrogens is 430 g/mol. The summed E-state index contributed by atoms with van der Waals surface area (Å²) < 4.78 is 22.6. The van der Waals surface area contributed by atoms with Gasteiger partial charge >= 0.3 is 0 Å². The minimum absolute atomic E-state index is 0.0845. The number of furan rings is 2. The molecular formula is C27H29N3O4. The zero-order valence-electron chi connectivity index (χ0n) is 19.3. The topological polar surface area (TPSA) is 97.8 Å². The lowest BCUT2D eigenvalue weighted by atomic mass is 9.98. The van der Waals surface area contributed by atoms with Crippen molar-refractivity contribution < 1.29 is 18.3 Å². The Kier molecular flexibility index (Phi) is 6.38. The molecule has 2 aromatic heterocycles. The van der Waals surface area contributed by atoms with Crippen molar-refractivity contribution in [1.29, 1.82) is 5.41 Å². The molecule has 0 radical (unpaired) electrons. The van der Waals surface area contributed by atoms with Gasteiger partial charge < -0.3 is 18.3 Å². The normalized spacial score (nSPS) is 15.4. The fourth-order valence-corrected chi connectivity index (χ4v) is 4.32. The van der Waals surface area contributed by atoms with Gasteiger partial charge in [-0.1, -0.05) is 24.3 Å². The number of ether oxygens (including phenoxy) is 2. The van der Waals surface area contributed by atoms with E-state index >= 15 is 0 Å². The van der Waals surface area contributed by atoms with Gasteiger partial charge in [0.25, 0.3) is 5.90 Å². The Balaban J connectivity index is 1.13. The summed E-state index contributed by atoms with van der Waals surface area (Å²) in [5.41, 5.74) is 9.84. The standard InChI is InChI=1S/C27H29N3O4/c1-18(28)33-27(29)26-17-22-23(4-2-5-24(22)34-26)31-14-3-11-30-12-8-19(9-13-30)21-7-6-20-10-15-32-25(20)16-21/h2,4-8,10,15-18,29H,3,9,11-14,28H2,1H3. The van der Waals surface area contributed by atoms with Crippen LogP contribution in [0.15, 0.2) is 69.7 Å². The van der Waals surface area contributed by atoms with Gasteiger partial charge in [-0.05, 0) is 55.2 Å². The molecule has 0 bridgehead atoms. The summed E-state index contributed by atoms with van der Waals surface area (Å²) in [7, 11) is 0. The number of nitrogens with zero attached hydrogens (tertiary/aromatic N) is 1. The molecule has 0 saturated carbocycles. The highest BCUT2D eigenvalue weighted by molar-refractivity contribution is 5.96. The number of rotatable bonds is 8. The van der Waals surface area contributed by atoms with Gasteiger partial charge in [0.05, 0.1) is 18.3 Å². The predicted molar refractivity (Wildman–Crippen MR) is 133 cm³/mol. The highest BCUT2D eigenvalue weighted by Crippen LogP contribution is 2.30. The summed E-state index contributed by atoms with van der Waals surface area (Å²) in [4.78, 5) is 2.45. The van der Waals surface area contributed by atoms with E-state index in [-0.39, 0.29) is 5.90 Å². The second kappa shape index (κ2) is 9.75. The first-order valence-corrected chi connectivity index (χ1v) is 11.6. The Morgan fingerprint density at radius 2 is 2.09 bits per heavy atom. The van der Waals surface area contributed by atoms with Crippen molar-refractivity contribution in [2.45, 2.75) is 26.0 Å². The van der Waals surface area contributed by atoms with Crippen molar-refractivity contribution in [2.24, 2.45) is 5.73 Å². The molecule has 1 unspecified atom stereocenters. The second-order valence-corrected chi connectivity index (χ2v) is 8.59. The molecule has 5 rings (SSSR count).